The number of rotatable bonds is 10. The quantitative estimate of drug-likeness (QED) is 0.110. The van der Waals surface area contributed by atoms with Gasteiger partial charge in [-0.05, 0) is 84.2 Å². The van der Waals surface area contributed by atoms with E-state index in [1.165, 1.54) is 9.80 Å². The van der Waals surface area contributed by atoms with Gasteiger partial charge < -0.3 is 30.1 Å². The van der Waals surface area contributed by atoms with Crippen LogP contribution in [0, 0.1) is 5.92 Å². The highest BCUT2D eigenvalue weighted by molar-refractivity contribution is 6.11. The molecule has 0 unspecified atom stereocenters. The number of carbonyl (C=O) groups excluding carboxylic acids is 4. The van der Waals surface area contributed by atoms with E-state index in [1.54, 1.807) is 107 Å². The highest BCUT2D eigenvalue weighted by Crippen LogP contribution is 2.33. The number of hydrogen-bond donors (Lipinski definition) is 3. The Morgan fingerprint density at radius 1 is 1.00 bits per heavy atom. The number of nitrogens with one attached hydrogen (secondary N) is 2. The molecule has 5 rings (SSSR count). The number of ketones is 1. The molecule has 292 valence electrons. The Morgan fingerprint density at radius 2 is 1.67 bits per heavy atom. The van der Waals surface area contributed by atoms with E-state index in [4.69, 9.17) is 14.5 Å². The summed E-state index contributed by atoms with van der Waals surface area (Å²) in [7, 11) is 0. The summed E-state index contributed by atoms with van der Waals surface area (Å²) in [6, 6.07) is 14.8. The molecule has 3 N–H and O–H groups in total. The largest absolute Gasteiger partial charge is 0.444 e. The van der Waals surface area contributed by atoms with Gasteiger partial charge in [0.05, 0.1) is 24.5 Å². The lowest BCUT2D eigenvalue weighted by Crippen LogP contribution is -2.49. The molecule has 3 amide bonds. The Morgan fingerprint density at radius 3 is 2.31 bits per heavy atom. The van der Waals surface area contributed by atoms with Crippen molar-refractivity contribution in [2.75, 3.05) is 35.2 Å². The number of aromatic nitrogens is 3. The summed E-state index contributed by atoms with van der Waals surface area (Å²) in [4.78, 5) is 60.4. The van der Waals surface area contributed by atoms with Crippen LogP contribution in [0.4, 0.5) is 32.6 Å². The fourth-order valence-electron chi connectivity index (χ4n) is 6.09. The van der Waals surface area contributed by atoms with Crippen LogP contribution in [0.1, 0.15) is 89.2 Å². The highest BCUT2D eigenvalue weighted by Gasteiger charge is 2.33. The molecule has 4 aromatic rings. The minimum atomic E-state index is -0.871. The molecule has 0 spiro atoms. The van der Waals surface area contributed by atoms with Gasteiger partial charge in [-0.3, -0.25) is 9.59 Å². The van der Waals surface area contributed by atoms with Gasteiger partial charge in [0.25, 0.3) is 0 Å². The van der Waals surface area contributed by atoms with Gasteiger partial charge in [-0.1, -0.05) is 44.7 Å². The van der Waals surface area contributed by atoms with Gasteiger partial charge in [-0.15, -0.1) is 0 Å². The third kappa shape index (κ3) is 10.1. The Labute approximate surface area is 321 Å². The highest BCUT2D eigenvalue weighted by atomic mass is 16.6. The van der Waals surface area contributed by atoms with Gasteiger partial charge in [0, 0.05) is 47.5 Å². The van der Waals surface area contributed by atoms with E-state index in [0.29, 0.717) is 53.7 Å². The van der Waals surface area contributed by atoms with Crippen molar-refractivity contribution >= 4 is 52.5 Å². The molecule has 2 aromatic carbocycles. The number of anilines is 4. The van der Waals surface area contributed by atoms with E-state index in [1.807, 2.05) is 13.8 Å². The first kappa shape index (κ1) is 40.4. The zero-order chi connectivity index (χ0) is 40.2. The number of amides is 3. The summed E-state index contributed by atoms with van der Waals surface area (Å²) >= 11 is 0. The van der Waals surface area contributed by atoms with Crippen molar-refractivity contribution in [1.82, 2.24) is 19.5 Å². The first-order chi connectivity index (χ1) is 25.8. The van der Waals surface area contributed by atoms with Crippen LogP contribution in [0.2, 0.25) is 0 Å². The molecular formula is C41H51N7O7. The Balaban J connectivity index is 1.51. The summed E-state index contributed by atoms with van der Waals surface area (Å²) in [5.74, 6) is -0.187. The molecule has 14 heteroatoms. The molecule has 55 heavy (non-hydrogen) atoms. The molecule has 0 aliphatic carbocycles. The maximum Gasteiger partial charge on any atom is 0.420 e. The zero-order valence-electron chi connectivity index (χ0n) is 32.8. The number of fused-ring (bicyclic) bond motifs is 1. The number of carbonyl (C=O) groups is 4. The van der Waals surface area contributed by atoms with Gasteiger partial charge in [-0.25, -0.2) is 19.5 Å². The lowest BCUT2D eigenvalue weighted by molar-refractivity contribution is -0.111. The summed E-state index contributed by atoms with van der Waals surface area (Å²) < 4.78 is 13.0. The first-order valence-electron chi connectivity index (χ1n) is 18.3. The Kier molecular flexibility index (Phi) is 12.0. The van der Waals surface area contributed by atoms with Crippen LogP contribution in [0.5, 0.6) is 0 Å². The molecule has 3 heterocycles. The lowest BCUT2D eigenvalue weighted by atomic mass is 9.94. The fourth-order valence-corrected chi connectivity index (χ4v) is 6.09. The molecule has 1 aliphatic heterocycles. The normalized spacial score (nSPS) is 16.1. The standard InChI is InChI=1S/C41H51N7O7/c1-10-34(50)44-29-15-11-13-26(19-29)36(51)27-14-12-16-30(20-27)47(39(53)55-41(7,8)9)35-21-33(45-37-31(25(2)3)23-43-48(35)37)42-22-28-17-18-46(24-32(28)49)38(52)54-40(4,5)6/h10-16,19-21,23,25,28,32,49H,1,17-18,22,24H2,2-9H3,(H,42,45)(H,44,50)/t28-,32+/m1/s1. The molecule has 1 fully saturated rings. The minimum absolute atomic E-state index is 0.0371. The van der Waals surface area contributed by atoms with E-state index in [2.05, 4.69) is 22.3 Å². The van der Waals surface area contributed by atoms with Crippen molar-refractivity contribution in [2.24, 2.45) is 5.92 Å². The molecule has 1 aliphatic rings. The average molecular weight is 754 g/mol. The van der Waals surface area contributed by atoms with E-state index >= 15 is 0 Å². The van der Waals surface area contributed by atoms with Crippen LogP contribution >= 0.6 is 0 Å². The number of aliphatic hydroxyl groups is 1. The Hall–Kier alpha value is -5.76. The van der Waals surface area contributed by atoms with E-state index in [0.717, 1.165) is 11.6 Å². The van der Waals surface area contributed by atoms with Gasteiger partial charge in [0.1, 0.15) is 22.8 Å². The van der Waals surface area contributed by atoms with Crippen molar-refractivity contribution in [2.45, 2.75) is 85.0 Å². The second kappa shape index (κ2) is 16.3. The van der Waals surface area contributed by atoms with Gasteiger partial charge >= 0.3 is 12.2 Å². The van der Waals surface area contributed by atoms with Crippen LogP contribution in [0.15, 0.2) is 73.4 Å². The summed E-state index contributed by atoms with van der Waals surface area (Å²) in [6.45, 7) is 19.1. The predicted molar refractivity (Wildman–Crippen MR) is 211 cm³/mol. The number of β-amino-alcohol motifs (C(OH)–C–C–N with tert-alkyl or cyclic N) is 1. The molecule has 0 saturated carbocycles. The molecule has 14 nitrogen and oxygen atoms in total. The van der Waals surface area contributed by atoms with Crippen LogP contribution in [0.25, 0.3) is 5.65 Å². The van der Waals surface area contributed by atoms with Crippen molar-refractivity contribution in [3.05, 3.63) is 90.1 Å². The smallest absolute Gasteiger partial charge is 0.420 e. The van der Waals surface area contributed by atoms with Gasteiger partial charge in [0.2, 0.25) is 5.91 Å². The van der Waals surface area contributed by atoms with Crippen molar-refractivity contribution in [3.8, 4) is 0 Å². The molecule has 2 aromatic heterocycles. The maximum absolute atomic E-state index is 14.2. The van der Waals surface area contributed by atoms with Crippen LogP contribution < -0.4 is 15.5 Å². The number of ether oxygens (including phenoxy) is 2. The zero-order valence-corrected chi connectivity index (χ0v) is 32.8. The van der Waals surface area contributed by atoms with Crippen LogP contribution in [0.3, 0.4) is 0 Å². The van der Waals surface area contributed by atoms with Crippen molar-refractivity contribution in [3.63, 3.8) is 0 Å². The third-order valence-electron chi connectivity index (χ3n) is 8.77. The number of benzene rings is 2. The SMILES string of the molecule is C=CC(=O)Nc1cccc(C(=O)c2cccc(N(C(=O)OC(C)(C)C)c3cc(NC[C@H]4CCN(C(=O)OC(C)(C)C)C[C@@H]4O)nc4c(C(C)C)cnn34)c2)c1. The van der Waals surface area contributed by atoms with E-state index in [9.17, 15) is 24.3 Å². The first-order valence-corrected chi connectivity index (χ1v) is 18.3. The summed E-state index contributed by atoms with van der Waals surface area (Å²) in [6.07, 6.45) is 1.40. The molecule has 1 saturated heterocycles. The lowest BCUT2D eigenvalue weighted by Gasteiger charge is -2.36. The third-order valence-corrected chi connectivity index (χ3v) is 8.77. The van der Waals surface area contributed by atoms with Crippen LogP contribution in [-0.4, -0.2) is 85.4 Å². The van der Waals surface area contributed by atoms with Crippen LogP contribution in [-0.2, 0) is 14.3 Å². The predicted octanol–water partition coefficient (Wildman–Crippen LogP) is 7.31. The van der Waals surface area contributed by atoms with Crippen molar-refractivity contribution < 1.29 is 33.8 Å². The molecule has 0 radical (unpaired) electrons. The molecular weight excluding hydrogens is 702 g/mol. The van der Waals surface area contributed by atoms with Crippen molar-refractivity contribution in [1.29, 1.82) is 0 Å². The maximum atomic E-state index is 14.2. The fraction of sp³-hybridized carbons (Fsp3) is 0.415. The van der Waals surface area contributed by atoms with E-state index < -0.39 is 35.4 Å². The van der Waals surface area contributed by atoms with E-state index in [-0.39, 0.29) is 29.7 Å². The number of likely N-dealkylation sites (tertiary alicyclic amines) is 1. The van der Waals surface area contributed by atoms with Gasteiger partial charge in [0.15, 0.2) is 11.4 Å². The summed E-state index contributed by atoms with van der Waals surface area (Å²) in [5, 5.41) is 21.7. The second-order valence-electron chi connectivity index (χ2n) is 15.9. The number of nitrogens with zero attached hydrogens (tertiary/aromatic N) is 5. The van der Waals surface area contributed by atoms with Gasteiger partial charge in [-0.2, -0.15) is 9.61 Å². The minimum Gasteiger partial charge on any atom is -0.444 e. The number of aliphatic hydroxyl groups excluding tert-OH is 1. The average Bonchev–Trinajstić information content (AvgIpc) is 3.54. The monoisotopic (exact) mass is 753 g/mol. The molecule has 0 bridgehead atoms. The Bertz CT molecular complexity index is 2080. The topological polar surface area (TPSA) is 168 Å². The summed E-state index contributed by atoms with van der Waals surface area (Å²) in [5.41, 5.74) is 1.21. The number of piperidine rings is 1. The second-order valence-corrected chi connectivity index (χ2v) is 15.9. The molecule has 2 atom stereocenters. The number of hydrogen-bond acceptors (Lipinski definition) is 10.